The Morgan fingerprint density at radius 1 is 1.45 bits per heavy atom. The second-order valence-electron chi connectivity index (χ2n) is 4.76. The van der Waals surface area contributed by atoms with Gasteiger partial charge in [-0.2, -0.15) is 0 Å². The number of unbranched alkanes of at least 4 members (excludes halogenated alkanes) is 1. The molecule has 1 amide bonds. The zero-order valence-electron chi connectivity index (χ0n) is 12.1. The Hall–Kier alpha value is -1.75. The Bertz CT molecular complexity index is 580. The summed E-state index contributed by atoms with van der Waals surface area (Å²) in [5.74, 6) is 0.0589. The molecule has 2 heterocycles. The van der Waals surface area contributed by atoms with Crippen LogP contribution in [0, 0.1) is 6.92 Å². The van der Waals surface area contributed by atoms with Crippen LogP contribution in [0.25, 0.3) is 10.6 Å². The Balaban J connectivity index is 2.21. The number of pyridine rings is 1. The van der Waals surface area contributed by atoms with Crippen molar-refractivity contribution in [2.45, 2.75) is 26.7 Å². The van der Waals surface area contributed by atoms with Crippen molar-refractivity contribution in [3.05, 3.63) is 35.1 Å². The zero-order chi connectivity index (χ0) is 14.5. The maximum atomic E-state index is 12.4. The summed E-state index contributed by atoms with van der Waals surface area (Å²) in [5, 5.41) is 0.850. The molecule has 0 N–H and O–H groups in total. The van der Waals surface area contributed by atoms with Gasteiger partial charge >= 0.3 is 0 Å². The molecule has 4 nitrogen and oxygen atoms in total. The number of amides is 1. The fraction of sp³-hybridized carbons (Fsp3) is 0.400. The lowest BCUT2D eigenvalue weighted by Crippen LogP contribution is -2.27. The van der Waals surface area contributed by atoms with Crippen LogP contribution in [0.1, 0.15) is 35.1 Å². The van der Waals surface area contributed by atoms with Crippen molar-refractivity contribution in [1.82, 2.24) is 14.9 Å². The van der Waals surface area contributed by atoms with E-state index in [0.717, 1.165) is 40.5 Å². The predicted octanol–water partition coefficient (Wildman–Crippen LogP) is 3.39. The summed E-state index contributed by atoms with van der Waals surface area (Å²) in [6, 6.07) is 3.83. The molecule has 2 rings (SSSR count). The van der Waals surface area contributed by atoms with Crippen LogP contribution in [-0.2, 0) is 0 Å². The molecular weight excluding hydrogens is 270 g/mol. The third-order valence-electron chi connectivity index (χ3n) is 3.09. The molecule has 0 aliphatic carbocycles. The maximum absolute atomic E-state index is 12.4. The van der Waals surface area contributed by atoms with E-state index in [2.05, 4.69) is 16.9 Å². The van der Waals surface area contributed by atoms with E-state index in [1.807, 2.05) is 26.1 Å². The Morgan fingerprint density at radius 2 is 2.25 bits per heavy atom. The molecular formula is C15H19N3OS. The number of rotatable bonds is 5. The third-order valence-corrected chi connectivity index (χ3v) is 4.29. The van der Waals surface area contributed by atoms with Gasteiger partial charge in [-0.1, -0.05) is 13.3 Å². The summed E-state index contributed by atoms with van der Waals surface area (Å²) in [4.78, 5) is 23.5. The second kappa shape index (κ2) is 6.61. The van der Waals surface area contributed by atoms with Crippen molar-refractivity contribution in [2.75, 3.05) is 13.6 Å². The minimum Gasteiger partial charge on any atom is -0.341 e. The summed E-state index contributed by atoms with van der Waals surface area (Å²) in [6.07, 6.45) is 5.61. The molecule has 106 valence electrons. The van der Waals surface area contributed by atoms with E-state index in [4.69, 9.17) is 0 Å². The van der Waals surface area contributed by atoms with E-state index in [-0.39, 0.29) is 5.91 Å². The fourth-order valence-corrected chi connectivity index (χ4v) is 2.93. The van der Waals surface area contributed by atoms with E-state index >= 15 is 0 Å². The van der Waals surface area contributed by atoms with Crippen molar-refractivity contribution in [1.29, 1.82) is 0 Å². The van der Waals surface area contributed by atoms with Crippen LogP contribution in [0.15, 0.2) is 24.5 Å². The first kappa shape index (κ1) is 14.7. The van der Waals surface area contributed by atoms with Crippen LogP contribution >= 0.6 is 11.3 Å². The van der Waals surface area contributed by atoms with Crippen LogP contribution in [0.3, 0.4) is 0 Å². The number of nitrogens with zero attached hydrogens (tertiary/aromatic N) is 3. The second-order valence-corrected chi connectivity index (χ2v) is 5.75. The Kier molecular flexibility index (Phi) is 4.84. The average Bonchev–Trinajstić information content (AvgIpc) is 2.87. The van der Waals surface area contributed by atoms with Crippen molar-refractivity contribution in [2.24, 2.45) is 0 Å². The van der Waals surface area contributed by atoms with E-state index in [1.54, 1.807) is 17.3 Å². The fourth-order valence-electron chi connectivity index (χ4n) is 1.88. The molecule has 0 bridgehead atoms. The van der Waals surface area contributed by atoms with Gasteiger partial charge in [-0.05, 0) is 25.5 Å². The lowest BCUT2D eigenvalue weighted by molar-refractivity contribution is 0.0797. The van der Waals surface area contributed by atoms with Gasteiger partial charge in [-0.25, -0.2) is 4.98 Å². The maximum Gasteiger partial charge on any atom is 0.265 e. The number of aromatic nitrogens is 2. The van der Waals surface area contributed by atoms with Gasteiger partial charge in [-0.3, -0.25) is 9.78 Å². The highest BCUT2D eigenvalue weighted by Gasteiger charge is 2.19. The van der Waals surface area contributed by atoms with Gasteiger partial charge in [-0.15, -0.1) is 11.3 Å². The predicted molar refractivity (Wildman–Crippen MR) is 82.0 cm³/mol. The number of aryl methyl sites for hydroxylation is 1. The molecule has 2 aromatic heterocycles. The van der Waals surface area contributed by atoms with Gasteiger partial charge in [0.05, 0.1) is 5.69 Å². The largest absolute Gasteiger partial charge is 0.341 e. The number of carbonyl (C=O) groups excluding carboxylic acids is 1. The van der Waals surface area contributed by atoms with Crippen LogP contribution < -0.4 is 0 Å². The van der Waals surface area contributed by atoms with Crippen LogP contribution in [-0.4, -0.2) is 34.4 Å². The molecule has 0 radical (unpaired) electrons. The molecule has 0 aromatic carbocycles. The summed E-state index contributed by atoms with van der Waals surface area (Å²) >= 11 is 1.44. The highest BCUT2D eigenvalue weighted by molar-refractivity contribution is 7.17. The Labute approximate surface area is 123 Å². The average molecular weight is 289 g/mol. The van der Waals surface area contributed by atoms with E-state index in [0.29, 0.717) is 0 Å². The number of hydrogen-bond acceptors (Lipinski definition) is 4. The molecule has 5 heteroatoms. The van der Waals surface area contributed by atoms with Gasteiger partial charge in [0, 0.05) is 31.5 Å². The normalized spacial score (nSPS) is 10.6. The van der Waals surface area contributed by atoms with Gasteiger partial charge in [0.25, 0.3) is 5.91 Å². The van der Waals surface area contributed by atoms with Crippen LogP contribution in [0.4, 0.5) is 0 Å². The molecule has 0 spiro atoms. The highest BCUT2D eigenvalue weighted by Crippen LogP contribution is 2.28. The van der Waals surface area contributed by atoms with E-state index in [9.17, 15) is 4.79 Å². The first-order valence-electron chi connectivity index (χ1n) is 6.76. The monoisotopic (exact) mass is 289 g/mol. The van der Waals surface area contributed by atoms with Gasteiger partial charge in [0.2, 0.25) is 0 Å². The third kappa shape index (κ3) is 3.22. The number of carbonyl (C=O) groups is 1. The smallest absolute Gasteiger partial charge is 0.265 e. The van der Waals surface area contributed by atoms with Crippen molar-refractivity contribution >= 4 is 17.2 Å². The van der Waals surface area contributed by atoms with Gasteiger partial charge in [0.15, 0.2) is 0 Å². The van der Waals surface area contributed by atoms with Gasteiger partial charge in [0.1, 0.15) is 9.88 Å². The standard InChI is InChI=1S/C15H19N3OS/c1-4-5-9-18(3)15(19)13-11(2)17-14(20-13)12-7-6-8-16-10-12/h6-8,10H,4-5,9H2,1-3H3. The van der Waals surface area contributed by atoms with E-state index < -0.39 is 0 Å². The first-order valence-corrected chi connectivity index (χ1v) is 7.58. The molecule has 0 unspecified atom stereocenters. The molecule has 0 fully saturated rings. The number of thiazole rings is 1. The minimum absolute atomic E-state index is 0.0589. The molecule has 20 heavy (non-hydrogen) atoms. The minimum atomic E-state index is 0.0589. The summed E-state index contributed by atoms with van der Waals surface area (Å²) in [5.41, 5.74) is 1.75. The SMILES string of the molecule is CCCCN(C)C(=O)c1sc(-c2cccnc2)nc1C. The molecule has 2 aromatic rings. The number of hydrogen-bond donors (Lipinski definition) is 0. The van der Waals surface area contributed by atoms with Crippen molar-refractivity contribution < 1.29 is 4.79 Å². The summed E-state index contributed by atoms with van der Waals surface area (Å²) in [6.45, 7) is 4.79. The quantitative estimate of drug-likeness (QED) is 0.847. The summed E-state index contributed by atoms with van der Waals surface area (Å²) in [7, 11) is 1.85. The molecule has 0 aliphatic rings. The Morgan fingerprint density at radius 3 is 2.90 bits per heavy atom. The van der Waals surface area contributed by atoms with Crippen molar-refractivity contribution in [3.63, 3.8) is 0 Å². The van der Waals surface area contributed by atoms with Crippen molar-refractivity contribution in [3.8, 4) is 10.6 Å². The molecule has 0 saturated carbocycles. The molecule has 0 saturated heterocycles. The topological polar surface area (TPSA) is 46.1 Å². The van der Waals surface area contributed by atoms with Gasteiger partial charge < -0.3 is 4.90 Å². The molecule has 0 atom stereocenters. The lowest BCUT2D eigenvalue weighted by atomic mass is 10.3. The zero-order valence-corrected chi connectivity index (χ0v) is 12.9. The van der Waals surface area contributed by atoms with E-state index in [1.165, 1.54) is 11.3 Å². The summed E-state index contributed by atoms with van der Waals surface area (Å²) < 4.78 is 0. The highest BCUT2D eigenvalue weighted by atomic mass is 32.1. The lowest BCUT2D eigenvalue weighted by Gasteiger charge is -2.15. The first-order chi connectivity index (χ1) is 9.63. The molecule has 0 aliphatic heterocycles. The van der Waals surface area contributed by atoms with Crippen LogP contribution in [0.2, 0.25) is 0 Å². The van der Waals surface area contributed by atoms with Crippen LogP contribution in [0.5, 0.6) is 0 Å².